The molecule has 2 aromatic heterocycles. The minimum absolute atomic E-state index is 0.0999. The Kier molecular flexibility index (Phi) is 4.48. The summed E-state index contributed by atoms with van der Waals surface area (Å²) in [4.78, 5) is 31.6. The number of hydrogen-bond acceptors (Lipinski definition) is 6. The number of aromatic nitrogens is 3. The molecule has 1 unspecified atom stereocenters. The van der Waals surface area contributed by atoms with Crippen LogP contribution < -0.4 is 15.0 Å². The molecule has 1 saturated heterocycles. The molecule has 0 bridgehead atoms. The Hall–Kier alpha value is -2.65. The molecule has 0 spiro atoms. The number of thiazole rings is 1. The van der Waals surface area contributed by atoms with Gasteiger partial charge in [-0.05, 0) is 25.1 Å². The van der Waals surface area contributed by atoms with E-state index in [2.05, 4.69) is 15.4 Å². The third kappa shape index (κ3) is 3.24. The Bertz CT molecular complexity index is 1050. The molecule has 1 aromatic carbocycles. The maximum absolute atomic E-state index is 12.6. The largest absolute Gasteiger partial charge is 0.495 e. The molecule has 1 atom stereocenters. The van der Waals surface area contributed by atoms with Crippen LogP contribution in [0.15, 0.2) is 23.6 Å². The Balaban J connectivity index is 1.51. The summed E-state index contributed by atoms with van der Waals surface area (Å²) in [7, 11) is 1.52. The predicted octanol–water partition coefficient (Wildman–Crippen LogP) is 2.75. The van der Waals surface area contributed by atoms with E-state index in [9.17, 15) is 9.59 Å². The number of benzene rings is 1. The second kappa shape index (κ2) is 6.82. The highest BCUT2D eigenvalue weighted by Crippen LogP contribution is 2.35. The van der Waals surface area contributed by atoms with E-state index in [-0.39, 0.29) is 30.7 Å². The van der Waals surface area contributed by atoms with Gasteiger partial charge in [-0.1, -0.05) is 11.6 Å². The monoisotopic (exact) mass is 405 g/mol. The highest BCUT2D eigenvalue weighted by molar-refractivity contribution is 7.15. The number of amides is 2. The van der Waals surface area contributed by atoms with E-state index in [0.29, 0.717) is 21.4 Å². The van der Waals surface area contributed by atoms with Crippen LogP contribution in [0.1, 0.15) is 12.1 Å². The number of anilines is 2. The molecule has 2 amide bonds. The van der Waals surface area contributed by atoms with E-state index in [1.165, 1.54) is 23.3 Å². The number of methoxy groups -OCH3 is 1. The van der Waals surface area contributed by atoms with E-state index in [4.69, 9.17) is 16.3 Å². The van der Waals surface area contributed by atoms with Crippen LogP contribution in [-0.4, -0.2) is 40.1 Å². The smallest absolute Gasteiger partial charge is 0.250 e. The molecule has 8 nitrogen and oxygen atoms in total. The van der Waals surface area contributed by atoms with Gasteiger partial charge in [0.2, 0.25) is 22.7 Å². The number of ether oxygens (including phenoxy) is 1. The standard InChI is InChI=1S/C17H16ClN5O3S/c1-9-8-27-17-20-16(21-23(9)17)19-15(25)10-5-14(24)22(7-10)12-6-11(18)3-4-13(12)26-2/h3-4,6,8,10H,5,7H2,1-2H3,(H,19,21,25). The molecule has 10 heteroatoms. The van der Waals surface area contributed by atoms with Crippen molar-refractivity contribution < 1.29 is 14.3 Å². The molecule has 0 aliphatic carbocycles. The Labute approximate surface area is 163 Å². The zero-order valence-corrected chi connectivity index (χ0v) is 16.2. The third-order valence-electron chi connectivity index (χ3n) is 4.41. The molecule has 3 aromatic rings. The first kappa shape index (κ1) is 17.7. The lowest BCUT2D eigenvalue weighted by atomic mass is 10.1. The summed E-state index contributed by atoms with van der Waals surface area (Å²) in [5.41, 5.74) is 1.50. The summed E-state index contributed by atoms with van der Waals surface area (Å²) in [5, 5.41) is 9.40. The number of aryl methyl sites for hydroxylation is 1. The topological polar surface area (TPSA) is 88.8 Å². The van der Waals surface area contributed by atoms with Gasteiger partial charge in [-0.15, -0.1) is 16.4 Å². The third-order valence-corrected chi connectivity index (χ3v) is 5.58. The number of fused-ring (bicyclic) bond motifs is 1. The van der Waals surface area contributed by atoms with Crippen molar-refractivity contribution in [1.29, 1.82) is 0 Å². The fourth-order valence-electron chi connectivity index (χ4n) is 3.05. The van der Waals surface area contributed by atoms with Gasteiger partial charge < -0.3 is 9.64 Å². The Morgan fingerprint density at radius 1 is 1.44 bits per heavy atom. The molecule has 0 saturated carbocycles. The average molecular weight is 406 g/mol. The first-order chi connectivity index (χ1) is 13.0. The number of carbonyl (C=O) groups excluding carboxylic acids is 2. The van der Waals surface area contributed by atoms with Crippen LogP contribution >= 0.6 is 22.9 Å². The minimum atomic E-state index is -0.510. The summed E-state index contributed by atoms with van der Waals surface area (Å²) in [6, 6.07) is 5.04. The van der Waals surface area contributed by atoms with Gasteiger partial charge in [-0.2, -0.15) is 4.98 Å². The van der Waals surface area contributed by atoms with Crippen molar-refractivity contribution in [3.05, 3.63) is 34.3 Å². The number of rotatable bonds is 4. The van der Waals surface area contributed by atoms with Gasteiger partial charge in [-0.25, -0.2) is 4.52 Å². The van der Waals surface area contributed by atoms with Crippen LogP contribution in [0.5, 0.6) is 5.75 Å². The fourth-order valence-corrected chi connectivity index (χ4v) is 4.01. The Morgan fingerprint density at radius 2 is 2.26 bits per heavy atom. The fraction of sp³-hybridized carbons (Fsp3) is 0.294. The highest BCUT2D eigenvalue weighted by atomic mass is 35.5. The number of nitrogens with one attached hydrogen (secondary N) is 1. The second-order valence-electron chi connectivity index (χ2n) is 6.22. The summed E-state index contributed by atoms with van der Waals surface area (Å²) >= 11 is 7.50. The van der Waals surface area contributed by atoms with Gasteiger partial charge in [-0.3, -0.25) is 14.9 Å². The zero-order valence-electron chi connectivity index (χ0n) is 14.6. The van der Waals surface area contributed by atoms with Crippen LogP contribution in [0.4, 0.5) is 11.6 Å². The first-order valence-electron chi connectivity index (χ1n) is 8.22. The maximum atomic E-state index is 12.6. The molecule has 140 valence electrons. The summed E-state index contributed by atoms with van der Waals surface area (Å²) in [6.07, 6.45) is 0.0999. The quantitative estimate of drug-likeness (QED) is 0.721. The van der Waals surface area contributed by atoms with Crippen LogP contribution in [0.3, 0.4) is 0 Å². The normalized spacial score (nSPS) is 16.9. The number of nitrogens with zero attached hydrogens (tertiary/aromatic N) is 4. The molecule has 27 heavy (non-hydrogen) atoms. The molecule has 4 rings (SSSR count). The molecule has 1 N–H and O–H groups in total. The van der Waals surface area contributed by atoms with Crippen molar-refractivity contribution in [2.45, 2.75) is 13.3 Å². The average Bonchev–Trinajstić information content (AvgIpc) is 3.31. The van der Waals surface area contributed by atoms with Crippen molar-refractivity contribution >= 4 is 51.3 Å². The Morgan fingerprint density at radius 3 is 3.00 bits per heavy atom. The van der Waals surface area contributed by atoms with Gasteiger partial charge in [0.1, 0.15) is 5.75 Å². The highest BCUT2D eigenvalue weighted by Gasteiger charge is 2.36. The van der Waals surface area contributed by atoms with E-state index in [0.717, 1.165) is 5.69 Å². The molecule has 1 aliphatic heterocycles. The first-order valence-corrected chi connectivity index (χ1v) is 9.47. The van der Waals surface area contributed by atoms with Crippen molar-refractivity contribution in [2.24, 2.45) is 5.92 Å². The lowest BCUT2D eigenvalue weighted by Crippen LogP contribution is -2.28. The van der Waals surface area contributed by atoms with Crippen molar-refractivity contribution in [2.75, 3.05) is 23.9 Å². The zero-order chi connectivity index (χ0) is 19.1. The van der Waals surface area contributed by atoms with Crippen LogP contribution in [0.25, 0.3) is 4.96 Å². The van der Waals surface area contributed by atoms with Gasteiger partial charge >= 0.3 is 0 Å². The van der Waals surface area contributed by atoms with Crippen LogP contribution in [0, 0.1) is 12.8 Å². The van der Waals surface area contributed by atoms with Gasteiger partial charge in [0, 0.05) is 23.4 Å². The number of hydrogen-bond donors (Lipinski definition) is 1. The second-order valence-corrected chi connectivity index (χ2v) is 7.49. The van der Waals surface area contributed by atoms with Crippen molar-refractivity contribution in [1.82, 2.24) is 14.6 Å². The molecule has 1 fully saturated rings. The van der Waals surface area contributed by atoms with Crippen molar-refractivity contribution in [3.63, 3.8) is 0 Å². The lowest BCUT2D eigenvalue weighted by Gasteiger charge is -2.19. The van der Waals surface area contributed by atoms with E-state index in [1.54, 1.807) is 22.7 Å². The molecular weight excluding hydrogens is 390 g/mol. The molecule has 3 heterocycles. The minimum Gasteiger partial charge on any atom is -0.495 e. The van der Waals surface area contributed by atoms with E-state index in [1.807, 2.05) is 12.3 Å². The number of halogens is 1. The molecular formula is C17H16ClN5O3S. The lowest BCUT2D eigenvalue weighted by molar-refractivity contribution is -0.122. The van der Waals surface area contributed by atoms with E-state index < -0.39 is 5.92 Å². The summed E-state index contributed by atoms with van der Waals surface area (Å²) in [6.45, 7) is 2.15. The van der Waals surface area contributed by atoms with Gasteiger partial charge in [0.25, 0.3) is 0 Å². The van der Waals surface area contributed by atoms with Crippen molar-refractivity contribution in [3.8, 4) is 5.75 Å². The molecule has 0 radical (unpaired) electrons. The van der Waals surface area contributed by atoms with Crippen LogP contribution in [-0.2, 0) is 9.59 Å². The SMILES string of the molecule is COc1ccc(Cl)cc1N1CC(C(=O)Nc2nc3scc(C)n3n2)CC1=O. The predicted molar refractivity (Wildman–Crippen MR) is 103 cm³/mol. The van der Waals surface area contributed by atoms with Gasteiger partial charge in [0.15, 0.2) is 0 Å². The van der Waals surface area contributed by atoms with Gasteiger partial charge in [0.05, 0.1) is 24.4 Å². The maximum Gasteiger partial charge on any atom is 0.250 e. The van der Waals surface area contributed by atoms with Crippen LogP contribution in [0.2, 0.25) is 5.02 Å². The summed E-state index contributed by atoms with van der Waals surface area (Å²) in [5.74, 6) is -0.196. The van der Waals surface area contributed by atoms with E-state index >= 15 is 0 Å². The number of carbonyl (C=O) groups is 2. The summed E-state index contributed by atoms with van der Waals surface area (Å²) < 4.78 is 6.98. The molecule has 1 aliphatic rings.